The fourth-order valence-electron chi connectivity index (χ4n) is 0.753. The molecule has 0 amide bonds. The van der Waals surface area contributed by atoms with Crippen molar-refractivity contribution in [3.8, 4) is 0 Å². The number of esters is 1. The Kier molecular flexibility index (Phi) is 3.66. The largest absolute Gasteiger partial charge is 0.466 e. The third kappa shape index (κ3) is 3.26. The summed E-state index contributed by atoms with van der Waals surface area (Å²) in [5.41, 5.74) is 0. The van der Waals surface area contributed by atoms with E-state index in [1.54, 1.807) is 6.92 Å². The summed E-state index contributed by atoms with van der Waals surface area (Å²) in [4.78, 5) is 14.6. The average Bonchev–Trinajstić information content (AvgIpc) is 2.58. The van der Waals surface area contributed by atoms with E-state index in [-0.39, 0.29) is 0 Å². The van der Waals surface area contributed by atoms with Crippen LogP contribution in [0.15, 0.2) is 16.8 Å². The lowest BCUT2D eigenvalue weighted by Gasteiger charge is -1.93. The van der Waals surface area contributed by atoms with Crippen molar-refractivity contribution >= 4 is 5.97 Å². The van der Waals surface area contributed by atoms with Crippen LogP contribution in [-0.4, -0.2) is 23.2 Å². The van der Waals surface area contributed by atoms with Crippen LogP contribution >= 0.6 is 0 Å². The lowest BCUT2D eigenvalue weighted by molar-refractivity contribution is -0.134. The first-order valence-electron chi connectivity index (χ1n) is 3.99. The number of nitrogens with one attached hydrogen (secondary N) is 1. The molecule has 0 aliphatic heterocycles. The number of aromatic nitrogens is 2. The maximum Gasteiger partial charge on any atom is 0.331 e. The summed E-state index contributed by atoms with van der Waals surface area (Å²) in [5, 5.41) is 6.41. The second kappa shape index (κ2) is 5.00. The Hall–Kier alpha value is -1.85. The molecule has 1 rings (SSSR count). The molecule has 0 aliphatic carbocycles. The molecule has 1 heterocycles. The number of hydrogen-bond acceptors (Lipinski definition) is 6. The molecule has 0 saturated heterocycles. The Labute approximate surface area is 80.9 Å². The van der Waals surface area contributed by atoms with Crippen molar-refractivity contribution in [1.29, 1.82) is 0 Å². The van der Waals surface area contributed by atoms with Gasteiger partial charge < -0.3 is 14.6 Å². The average molecular weight is 197 g/mol. The summed E-state index contributed by atoms with van der Waals surface area (Å²) in [6.07, 6.45) is 2.73. The van der Waals surface area contributed by atoms with E-state index in [4.69, 9.17) is 4.52 Å². The summed E-state index contributed by atoms with van der Waals surface area (Å²) < 4.78 is 9.21. The van der Waals surface area contributed by atoms with Crippen molar-refractivity contribution in [3.63, 3.8) is 0 Å². The molecule has 0 aliphatic rings. The molecule has 6 nitrogen and oxygen atoms in total. The van der Waals surface area contributed by atoms with Crippen molar-refractivity contribution in [1.82, 2.24) is 15.5 Å². The maximum absolute atomic E-state index is 10.6. The van der Waals surface area contributed by atoms with Crippen LogP contribution in [0.1, 0.15) is 11.7 Å². The minimum atomic E-state index is -0.417. The molecular formula is C8H11N3O3. The zero-order chi connectivity index (χ0) is 10.4. The topological polar surface area (TPSA) is 77.2 Å². The van der Waals surface area contributed by atoms with E-state index in [0.29, 0.717) is 18.3 Å². The third-order valence-electron chi connectivity index (χ3n) is 1.36. The van der Waals surface area contributed by atoms with Crippen molar-refractivity contribution in [2.75, 3.05) is 7.11 Å². The molecular weight excluding hydrogens is 186 g/mol. The molecule has 6 heteroatoms. The van der Waals surface area contributed by atoms with Crippen molar-refractivity contribution < 1.29 is 14.1 Å². The number of hydrogen-bond donors (Lipinski definition) is 1. The van der Waals surface area contributed by atoms with Gasteiger partial charge in [0.05, 0.1) is 13.7 Å². The SMILES string of the molecule is COC(=O)/C=C/NCc1nc(C)no1. The van der Waals surface area contributed by atoms with Gasteiger partial charge >= 0.3 is 5.97 Å². The Balaban J connectivity index is 2.28. The summed E-state index contributed by atoms with van der Waals surface area (Å²) >= 11 is 0. The number of methoxy groups -OCH3 is 1. The fourth-order valence-corrected chi connectivity index (χ4v) is 0.753. The van der Waals surface area contributed by atoms with Gasteiger partial charge in [-0.25, -0.2) is 4.79 Å². The van der Waals surface area contributed by atoms with Crippen LogP contribution in [0.5, 0.6) is 0 Å². The van der Waals surface area contributed by atoms with Gasteiger partial charge in [0, 0.05) is 12.3 Å². The molecule has 1 N–H and O–H groups in total. The van der Waals surface area contributed by atoms with Crippen LogP contribution in [0, 0.1) is 6.92 Å². The molecule has 0 bridgehead atoms. The van der Waals surface area contributed by atoms with Gasteiger partial charge in [-0.3, -0.25) is 0 Å². The van der Waals surface area contributed by atoms with E-state index in [1.165, 1.54) is 19.4 Å². The number of nitrogens with zero attached hydrogens (tertiary/aromatic N) is 2. The van der Waals surface area contributed by atoms with Crippen LogP contribution in [0.3, 0.4) is 0 Å². The highest BCUT2D eigenvalue weighted by atomic mass is 16.5. The summed E-state index contributed by atoms with van der Waals surface area (Å²) in [7, 11) is 1.31. The number of ether oxygens (including phenoxy) is 1. The first-order chi connectivity index (χ1) is 6.72. The van der Waals surface area contributed by atoms with E-state index >= 15 is 0 Å². The highest BCUT2D eigenvalue weighted by Crippen LogP contribution is 1.94. The number of aryl methyl sites for hydroxylation is 1. The third-order valence-corrected chi connectivity index (χ3v) is 1.36. The zero-order valence-corrected chi connectivity index (χ0v) is 7.98. The van der Waals surface area contributed by atoms with Gasteiger partial charge in [0.1, 0.15) is 0 Å². The van der Waals surface area contributed by atoms with Crippen molar-refractivity contribution in [3.05, 3.63) is 24.0 Å². The molecule has 0 radical (unpaired) electrons. The molecule has 0 saturated carbocycles. The monoisotopic (exact) mass is 197 g/mol. The molecule has 0 fully saturated rings. The van der Waals surface area contributed by atoms with Gasteiger partial charge in [-0.15, -0.1) is 0 Å². The maximum atomic E-state index is 10.6. The molecule has 1 aromatic heterocycles. The fraction of sp³-hybridized carbons (Fsp3) is 0.375. The van der Waals surface area contributed by atoms with Gasteiger partial charge in [-0.1, -0.05) is 5.16 Å². The second-order valence-corrected chi connectivity index (χ2v) is 2.47. The van der Waals surface area contributed by atoms with Crippen LogP contribution < -0.4 is 5.32 Å². The van der Waals surface area contributed by atoms with Crippen LogP contribution in [0.25, 0.3) is 0 Å². The van der Waals surface area contributed by atoms with Gasteiger partial charge in [-0.05, 0) is 6.92 Å². The highest BCUT2D eigenvalue weighted by molar-refractivity contribution is 5.81. The van der Waals surface area contributed by atoms with Gasteiger partial charge in [0.25, 0.3) is 0 Å². The lowest BCUT2D eigenvalue weighted by Crippen LogP contribution is -2.06. The van der Waals surface area contributed by atoms with E-state index in [0.717, 1.165) is 0 Å². The first-order valence-corrected chi connectivity index (χ1v) is 3.99. The van der Waals surface area contributed by atoms with E-state index in [2.05, 4.69) is 20.2 Å². The highest BCUT2D eigenvalue weighted by Gasteiger charge is 1.99. The molecule has 0 atom stereocenters. The van der Waals surface area contributed by atoms with Gasteiger partial charge in [0.15, 0.2) is 5.82 Å². The second-order valence-electron chi connectivity index (χ2n) is 2.47. The molecule has 0 aromatic carbocycles. The summed E-state index contributed by atoms with van der Waals surface area (Å²) in [5.74, 6) is 0.634. The number of carbonyl (C=O) groups is 1. The Morgan fingerprint density at radius 3 is 3.07 bits per heavy atom. The minimum absolute atomic E-state index is 0.383. The Bertz CT molecular complexity index is 332. The molecule has 0 spiro atoms. The van der Waals surface area contributed by atoms with E-state index in [1.807, 2.05) is 0 Å². The molecule has 76 valence electrons. The molecule has 14 heavy (non-hydrogen) atoms. The van der Waals surface area contributed by atoms with E-state index < -0.39 is 5.97 Å². The van der Waals surface area contributed by atoms with Crippen LogP contribution in [0.2, 0.25) is 0 Å². The van der Waals surface area contributed by atoms with Gasteiger partial charge in [-0.2, -0.15) is 4.98 Å². The van der Waals surface area contributed by atoms with E-state index in [9.17, 15) is 4.79 Å². The molecule has 1 aromatic rings. The summed E-state index contributed by atoms with van der Waals surface area (Å²) in [6.45, 7) is 2.12. The predicted molar refractivity (Wildman–Crippen MR) is 47.0 cm³/mol. The van der Waals surface area contributed by atoms with Crippen LogP contribution in [-0.2, 0) is 16.1 Å². The van der Waals surface area contributed by atoms with Gasteiger partial charge in [0.2, 0.25) is 5.89 Å². The number of carbonyl (C=O) groups excluding carboxylic acids is 1. The normalized spacial score (nSPS) is 10.4. The zero-order valence-electron chi connectivity index (χ0n) is 7.98. The standard InChI is InChI=1S/C8H11N3O3/c1-6-10-7(14-11-6)5-9-4-3-8(12)13-2/h3-4,9H,5H2,1-2H3/b4-3+. The minimum Gasteiger partial charge on any atom is -0.466 e. The number of rotatable bonds is 4. The summed E-state index contributed by atoms with van der Waals surface area (Å²) in [6, 6.07) is 0. The Morgan fingerprint density at radius 2 is 2.50 bits per heavy atom. The van der Waals surface area contributed by atoms with Crippen molar-refractivity contribution in [2.24, 2.45) is 0 Å². The molecule has 0 unspecified atom stereocenters. The van der Waals surface area contributed by atoms with Crippen molar-refractivity contribution in [2.45, 2.75) is 13.5 Å². The quantitative estimate of drug-likeness (QED) is 0.547. The smallest absolute Gasteiger partial charge is 0.331 e. The van der Waals surface area contributed by atoms with Crippen LogP contribution in [0.4, 0.5) is 0 Å². The lowest BCUT2D eigenvalue weighted by atomic mass is 10.5. The first kappa shape index (κ1) is 10.2. The Morgan fingerprint density at radius 1 is 1.71 bits per heavy atom. The predicted octanol–water partition coefficient (Wildman–Crippen LogP) is 0.154.